The smallest absolute Gasteiger partial charge is 0.315 e. The summed E-state index contributed by atoms with van der Waals surface area (Å²) >= 11 is 0. The van der Waals surface area contributed by atoms with E-state index < -0.39 is 0 Å². The average molecular weight is 315 g/mol. The topological polar surface area (TPSA) is 44.4 Å². The maximum atomic E-state index is 12.2. The van der Waals surface area contributed by atoms with E-state index in [4.69, 9.17) is 0 Å². The quantitative estimate of drug-likeness (QED) is 0.874. The lowest BCUT2D eigenvalue weighted by molar-refractivity contribution is 0.215. The van der Waals surface area contributed by atoms with E-state index in [0.717, 1.165) is 25.9 Å². The second kappa shape index (κ2) is 8.34. The van der Waals surface area contributed by atoms with Gasteiger partial charge in [0, 0.05) is 12.6 Å². The second-order valence-electron chi connectivity index (χ2n) is 6.86. The van der Waals surface area contributed by atoms with Gasteiger partial charge >= 0.3 is 6.03 Å². The summed E-state index contributed by atoms with van der Waals surface area (Å²) in [6, 6.07) is 11.2. The average Bonchev–Trinajstić information content (AvgIpc) is 3.11. The summed E-state index contributed by atoms with van der Waals surface area (Å²) in [5.74, 6) is 0. The van der Waals surface area contributed by atoms with Gasteiger partial charge in [-0.3, -0.25) is 4.90 Å². The molecule has 1 aromatic carbocycles. The zero-order valence-corrected chi connectivity index (χ0v) is 14.0. The molecule has 0 spiro atoms. The van der Waals surface area contributed by atoms with Crippen molar-refractivity contribution in [2.24, 2.45) is 0 Å². The first-order chi connectivity index (χ1) is 11.3. The van der Waals surface area contributed by atoms with Crippen LogP contribution in [0.1, 0.15) is 56.6 Å². The van der Waals surface area contributed by atoms with E-state index in [1.54, 1.807) is 0 Å². The van der Waals surface area contributed by atoms with Crippen molar-refractivity contribution in [2.75, 3.05) is 19.6 Å². The van der Waals surface area contributed by atoms with E-state index >= 15 is 0 Å². The fourth-order valence-electron chi connectivity index (χ4n) is 3.86. The first kappa shape index (κ1) is 16.3. The van der Waals surface area contributed by atoms with E-state index in [2.05, 4.69) is 39.8 Å². The van der Waals surface area contributed by atoms with E-state index in [9.17, 15) is 4.79 Å². The van der Waals surface area contributed by atoms with Crippen LogP contribution in [-0.4, -0.2) is 36.6 Å². The number of nitrogens with one attached hydrogen (secondary N) is 2. The molecule has 0 radical (unpaired) electrons. The molecular formula is C19H29N3O. The summed E-state index contributed by atoms with van der Waals surface area (Å²) in [6.07, 6.45) is 8.57. The number of carbonyl (C=O) groups excluding carboxylic acids is 1. The standard InChI is InChI=1S/C19H29N3O/c23-19(21-17-11-5-2-6-12-17)20-15-18(22-13-7-8-14-22)16-9-3-1-4-10-16/h1,3-4,9-10,17-18H,2,5-8,11-15H2,(H2,20,21,23). The highest BCUT2D eigenvalue weighted by Crippen LogP contribution is 2.24. The minimum absolute atomic E-state index is 0.00275. The van der Waals surface area contributed by atoms with Gasteiger partial charge in [-0.05, 0) is 44.3 Å². The van der Waals surface area contributed by atoms with Crippen molar-refractivity contribution in [3.05, 3.63) is 35.9 Å². The Hall–Kier alpha value is -1.55. The first-order valence-electron chi connectivity index (χ1n) is 9.16. The van der Waals surface area contributed by atoms with E-state index in [-0.39, 0.29) is 12.1 Å². The number of rotatable bonds is 5. The van der Waals surface area contributed by atoms with Crippen LogP contribution in [-0.2, 0) is 0 Å². The summed E-state index contributed by atoms with van der Waals surface area (Å²) in [6.45, 7) is 2.94. The molecule has 1 heterocycles. The summed E-state index contributed by atoms with van der Waals surface area (Å²) < 4.78 is 0. The number of carbonyl (C=O) groups is 1. The highest BCUT2D eigenvalue weighted by molar-refractivity contribution is 5.74. The third-order valence-electron chi connectivity index (χ3n) is 5.16. The molecular weight excluding hydrogens is 286 g/mol. The lowest BCUT2D eigenvalue weighted by atomic mass is 9.96. The SMILES string of the molecule is O=C(NCC(c1ccccc1)N1CCCC1)NC1CCCCC1. The third-order valence-corrected chi connectivity index (χ3v) is 5.16. The Morgan fingerprint density at radius 2 is 1.74 bits per heavy atom. The largest absolute Gasteiger partial charge is 0.336 e. The normalized spacial score (nSPS) is 21.0. The maximum Gasteiger partial charge on any atom is 0.315 e. The number of hydrogen-bond acceptors (Lipinski definition) is 2. The van der Waals surface area contributed by atoms with Gasteiger partial charge in [0.05, 0.1) is 6.04 Å². The van der Waals surface area contributed by atoms with Crippen LogP contribution in [0.5, 0.6) is 0 Å². The summed E-state index contributed by atoms with van der Waals surface area (Å²) in [5.41, 5.74) is 1.30. The van der Waals surface area contributed by atoms with E-state index in [1.807, 2.05) is 6.07 Å². The Balaban J connectivity index is 1.54. The van der Waals surface area contributed by atoms with Crippen molar-refractivity contribution < 1.29 is 4.79 Å². The van der Waals surface area contributed by atoms with Crippen molar-refractivity contribution >= 4 is 6.03 Å². The lowest BCUT2D eigenvalue weighted by Crippen LogP contribution is -2.45. The fraction of sp³-hybridized carbons (Fsp3) is 0.632. The van der Waals surface area contributed by atoms with E-state index in [0.29, 0.717) is 12.6 Å². The van der Waals surface area contributed by atoms with Crippen LogP contribution in [0.4, 0.5) is 4.79 Å². The summed E-state index contributed by atoms with van der Waals surface area (Å²) in [4.78, 5) is 14.7. The number of benzene rings is 1. The van der Waals surface area contributed by atoms with Gasteiger partial charge in [0.25, 0.3) is 0 Å². The minimum Gasteiger partial charge on any atom is -0.336 e. The molecule has 0 bridgehead atoms. The summed E-state index contributed by atoms with van der Waals surface area (Å²) in [7, 11) is 0. The Morgan fingerprint density at radius 3 is 2.43 bits per heavy atom. The van der Waals surface area contributed by atoms with Crippen LogP contribution in [0.25, 0.3) is 0 Å². The molecule has 4 heteroatoms. The molecule has 1 saturated carbocycles. The van der Waals surface area contributed by atoms with Gasteiger partial charge in [-0.2, -0.15) is 0 Å². The van der Waals surface area contributed by atoms with Crippen LogP contribution in [0.15, 0.2) is 30.3 Å². The molecule has 23 heavy (non-hydrogen) atoms. The number of amides is 2. The van der Waals surface area contributed by atoms with Gasteiger partial charge in [-0.25, -0.2) is 4.79 Å². The molecule has 3 rings (SSSR count). The molecule has 4 nitrogen and oxygen atoms in total. The zero-order chi connectivity index (χ0) is 15.9. The predicted molar refractivity (Wildman–Crippen MR) is 93.4 cm³/mol. The highest BCUT2D eigenvalue weighted by Gasteiger charge is 2.24. The van der Waals surface area contributed by atoms with Crippen LogP contribution in [0, 0.1) is 0 Å². The fourth-order valence-corrected chi connectivity index (χ4v) is 3.86. The predicted octanol–water partition coefficient (Wildman–Crippen LogP) is 3.46. The zero-order valence-electron chi connectivity index (χ0n) is 14.0. The minimum atomic E-state index is -0.00275. The van der Waals surface area contributed by atoms with Crippen molar-refractivity contribution in [2.45, 2.75) is 57.0 Å². The number of hydrogen-bond donors (Lipinski definition) is 2. The Morgan fingerprint density at radius 1 is 1.04 bits per heavy atom. The van der Waals surface area contributed by atoms with Crippen molar-refractivity contribution in [1.29, 1.82) is 0 Å². The van der Waals surface area contributed by atoms with Gasteiger partial charge in [0.2, 0.25) is 0 Å². The van der Waals surface area contributed by atoms with Crippen LogP contribution in [0.3, 0.4) is 0 Å². The van der Waals surface area contributed by atoms with Gasteiger partial charge in [-0.15, -0.1) is 0 Å². The molecule has 0 aromatic heterocycles. The molecule has 2 fully saturated rings. The molecule has 1 aromatic rings. The van der Waals surface area contributed by atoms with Gasteiger partial charge in [0.1, 0.15) is 0 Å². The first-order valence-corrected chi connectivity index (χ1v) is 9.16. The molecule has 2 aliphatic rings. The number of urea groups is 1. The van der Waals surface area contributed by atoms with Crippen LogP contribution in [0.2, 0.25) is 0 Å². The Labute approximate surface area is 139 Å². The van der Waals surface area contributed by atoms with Crippen LogP contribution < -0.4 is 10.6 Å². The third kappa shape index (κ3) is 4.71. The van der Waals surface area contributed by atoms with Crippen LogP contribution >= 0.6 is 0 Å². The Bertz CT molecular complexity index is 479. The molecule has 1 aliphatic heterocycles. The maximum absolute atomic E-state index is 12.2. The molecule has 2 amide bonds. The van der Waals surface area contributed by atoms with Gasteiger partial charge in [0.15, 0.2) is 0 Å². The monoisotopic (exact) mass is 315 g/mol. The molecule has 1 saturated heterocycles. The van der Waals surface area contributed by atoms with E-state index in [1.165, 1.54) is 37.7 Å². The molecule has 126 valence electrons. The van der Waals surface area contributed by atoms with Crippen molar-refractivity contribution in [3.63, 3.8) is 0 Å². The molecule has 2 N–H and O–H groups in total. The molecule has 1 atom stereocenters. The molecule has 1 aliphatic carbocycles. The second-order valence-corrected chi connectivity index (χ2v) is 6.86. The molecule has 1 unspecified atom stereocenters. The number of likely N-dealkylation sites (tertiary alicyclic amines) is 1. The van der Waals surface area contributed by atoms with Crippen molar-refractivity contribution in [1.82, 2.24) is 15.5 Å². The van der Waals surface area contributed by atoms with Crippen molar-refractivity contribution in [3.8, 4) is 0 Å². The lowest BCUT2D eigenvalue weighted by Gasteiger charge is -2.29. The summed E-state index contributed by atoms with van der Waals surface area (Å²) in [5, 5.41) is 6.26. The Kier molecular flexibility index (Phi) is 5.92. The number of nitrogens with zero attached hydrogens (tertiary/aromatic N) is 1. The highest BCUT2D eigenvalue weighted by atomic mass is 16.2. The van der Waals surface area contributed by atoms with Gasteiger partial charge in [-0.1, -0.05) is 49.6 Å². The van der Waals surface area contributed by atoms with Gasteiger partial charge < -0.3 is 10.6 Å².